The van der Waals surface area contributed by atoms with Gasteiger partial charge in [0.05, 0.1) is 23.3 Å². The van der Waals surface area contributed by atoms with Crippen LogP contribution < -0.4 is 9.04 Å². The average molecular weight is 675 g/mol. The van der Waals surface area contributed by atoms with Crippen molar-refractivity contribution < 1.29 is 27.5 Å². The fourth-order valence-electron chi connectivity index (χ4n) is 6.37. The minimum Gasteiger partial charge on any atom is -0.481 e. The number of sulfonamides is 1. The molecule has 0 radical (unpaired) electrons. The Morgan fingerprint density at radius 2 is 1.64 bits per heavy atom. The number of fused-ring (bicyclic) bond motifs is 1. The molecule has 0 saturated carbocycles. The largest absolute Gasteiger partial charge is 0.481 e. The number of carbonyl (C=O) groups excluding carboxylic acids is 2. The lowest BCUT2D eigenvalue weighted by molar-refractivity contribution is -0.132. The molecule has 1 atom stereocenters. The standard InChI is InChI=1S/C31H33Cl2N5O6S/c1-35-13-10-23(11-14-35)36-15-17-37(18-16-36)30(40)44-31(25-7-4-12-34-28(25)43-2)26-20-22(33)8-9-27(26)38(29(31)39)45(41,42)24-6-3-5-21(32)19-24/h3-9,12,19-20,23H,10-11,13-18H2,1-2H3. The Morgan fingerprint density at radius 3 is 2.33 bits per heavy atom. The van der Waals surface area contributed by atoms with Crippen molar-refractivity contribution in [1.29, 1.82) is 0 Å². The highest BCUT2D eigenvalue weighted by Gasteiger charge is 2.61. The molecule has 45 heavy (non-hydrogen) atoms. The quantitative estimate of drug-likeness (QED) is 0.380. The zero-order valence-corrected chi connectivity index (χ0v) is 27.2. The fourth-order valence-corrected chi connectivity index (χ4v) is 8.30. The maximum Gasteiger partial charge on any atom is 0.411 e. The molecular weight excluding hydrogens is 641 g/mol. The van der Waals surface area contributed by atoms with E-state index in [1.54, 1.807) is 11.0 Å². The smallest absolute Gasteiger partial charge is 0.411 e. The van der Waals surface area contributed by atoms with E-state index < -0.39 is 27.6 Å². The van der Waals surface area contributed by atoms with Gasteiger partial charge in [0.25, 0.3) is 21.5 Å². The summed E-state index contributed by atoms with van der Waals surface area (Å²) in [6, 6.07) is 13.4. The van der Waals surface area contributed by atoms with Gasteiger partial charge < -0.3 is 19.3 Å². The first-order chi connectivity index (χ1) is 21.6. The van der Waals surface area contributed by atoms with Crippen molar-refractivity contribution in [3.05, 3.63) is 82.0 Å². The van der Waals surface area contributed by atoms with E-state index in [-0.39, 0.29) is 37.6 Å². The number of likely N-dealkylation sites (tertiary alicyclic amines) is 1. The number of carbonyl (C=O) groups is 2. The van der Waals surface area contributed by atoms with E-state index in [9.17, 15) is 18.0 Å². The van der Waals surface area contributed by atoms with Gasteiger partial charge in [-0.1, -0.05) is 29.3 Å². The molecule has 2 saturated heterocycles. The second-order valence-corrected chi connectivity index (χ2v) is 14.0. The van der Waals surface area contributed by atoms with Gasteiger partial charge >= 0.3 is 6.09 Å². The average Bonchev–Trinajstić information content (AvgIpc) is 3.29. The Kier molecular flexibility index (Phi) is 8.70. The topological polar surface area (TPSA) is 113 Å². The molecule has 3 aliphatic heterocycles. The van der Waals surface area contributed by atoms with Crippen molar-refractivity contribution in [2.45, 2.75) is 29.4 Å². The number of ether oxygens (including phenoxy) is 2. The number of benzene rings is 2. The molecule has 0 N–H and O–H groups in total. The molecule has 2 amide bonds. The van der Waals surface area contributed by atoms with E-state index in [4.69, 9.17) is 32.7 Å². The van der Waals surface area contributed by atoms with Crippen LogP contribution in [-0.2, 0) is 25.2 Å². The third-order valence-corrected chi connectivity index (χ3v) is 10.9. The van der Waals surface area contributed by atoms with Crippen molar-refractivity contribution in [2.24, 2.45) is 0 Å². The van der Waals surface area contributed by atoms with E-state index in [0.29, 0.717) is 36.5 Å². The monoisotopic (exact) mass is 673 g/mol. The second kappa shape index (κ2) is 12.4. The molecule has 0 bridgehead atoms. The number of halogens is 2. The molecule has 2 fully saturated rings. The van der Waals surface area contributed by atoms with Gasteiger partial charge in [-0.3, -0.25) is 9.69 Å². The molecule has 238 valence electrons. The van der Waals surface area contributed by atoms with Crippen LogP contribution in [0, 0.1) is 0 Å². The number of pyridine rings is 1. The van der Waals surface area contributed by atoms with Crippen LogP contribution in [0.25, 0.3) is 0 Å². The van der Waals surface area contributed by atoms with Crippen molar-refractivity contribution in [1.82, 2.24) is 19.7 Å². The van der Waals surface area contributed by atoms with Gasteiger partial charge in [0.2, 0.25) is 5.88 Å². The SMILES string of the molecule is COc1ncccc1C1(OC(=O)N2CCN(C3CCN(C)CC3)CC2)C(=O)N(S(=O)(=O)c2cccc(Cl)c2)c2ccc(Cl)cc21. The number of nitrogens with zero attached hydrogens (tertiary/aromatic N) is 5. The second-order valence-electron chi connectivity index (χ2n) is 11.4. The Labute approximate surface area is 272 Å². The van der Waals surface area contributed by atoms with Crippen molar-refractivity contribution in [2.75, 3.05) is 57.7 Å². The van der Waals surface area contributed by atoms with Gasteiger partial charge in [0.1, 0.15) is 0 Å². The van der Waals surface area contributed by atoms with Crippen LogP contribution >= 0.6 is 23.2 Å². The minimum absolute atomic E-state index is 0.0151. The van der Waals surface area contributed by atoms with E-state index in [2.05, 4.69) is 21.8 Å². The summed E-state index contributed by atoms with van der Waals surface area (Å²) in [6.45, 7) is 4.12. The van der Waals surface area contributed by atoms with E-state index in [1.165, 1.54) is 61.8 Å². The van der Waals surface area contributed by atoms with Gasteiger partial charge in [-0.15, -0.1) is 0 Å². The molecule has 4 heterocycles. The zero-order chi connectivity index (χ0) is 31.9. The first-order valence-electron chi connectivity index (χ1n) is 14.6. The lowest BCUT2D eigenvalue weighted by atomic mass is 9.87. The van der Waals surface area contributed by atoms with Crippen molar-refractivity contribution in [3.63, 3.8) is 0 Å². The Morgan fingerprint density at radius 1 is 0.933 bits per heavy atom. The first kappa shape index (κ1) is 31.6. The molecule has 0 aliphatic carbocycles. The van der Waals surface area contributed by atoms with Gasteiger partial charge in [-0.25, -0.2) is 18.2 Å². The van der Waals surface area contributed by atoms with Crippen LogP contribution in [0.15, 0.2) is 65.7 Å². The minimum atomic E-state index is -4.54. The summed E-state index contributed by atoms with van der Waals surface area (Å²) in [5, 5.41) is 0.378. The molecule has 11 nitrogen and oxygen atoms in total. The lowest BCUT2D eigenvalue weighted by Gasteiger charge is -2.42. The van der Waals surface area contributed by atoms with Crippen LogP contribution in [-0.4, -0.2) is 99.6 Å². The number of hydrogen-bond donors (Lipinski definition) is 0. The molecule has 3 aromatic rings. The lowest BCUT2D eigenvalue weighted by Crippen LogP contribution is -2.55. The highest BCUT2D eigenvalue weighted by molar-refractivity contribution is 7.93. The van der Waals surface area contributed by atoms with E-state index in [0.717, 1.165) is 25.9 Å². The number of hydrogen-bond acceptors (Lipinski definition) is 9. The first-order valence-corrected chi connectivity index (χ1v) is 16.8. The highest BCUT2D eigenvalue weighted by atomic mass is 35.5. The number of aromatic nitrogens is 1. The van der Waals surface area contributed by atoms with E-state index in [1.807, 2.05) is 0 Å². The molecule has 14 heteroatoms. The molecule has 2 aromatic carbocycles. The highest BCUT2D eigenvalue weighted by Crippen LogP contribution is 2.52. The normalized spacial score (nSPS) is 21.6. The summed E-state index contributed by atoms with van der Waals surface area (Å²) in [7, 11) is -1.06. The Bertz CT molecular complexity index is 1730. The van der Waals surface area contributed by atoms with Crippen LogP contribution in [0.1, 0.15) is 24.0 Å². The number of amides is 2. The number of piperidine rings is 1. The number of rotatable bonds is 6. The summed E-state index contributed by atoms with van der Waals surface area (Å²) >= 11 is 12.6. The molecule has 6 rings (SSSR count). The van der Waals surface area contributed by atoms with Gasteiger partial charge in [-0.2, -0.15) is 4.31 Å². The van der Waals surface area contributed by atoms with Crippen molar-refractivity contribution >= 4 is 50.9 Å². The molecule has 1 aromatic heterocycles. The number of methoxy groups -OCH3 is 1. The maximum atomic E-state index is 14.8. The number of anilines is 1. The van der Waals surface area contributed by atoms with Crippen molar-refractivity contribution in [3.8, 4) is 5.88 Å². The van der Waals surface area contributed by atoms with Gasteiger partial charge in [-0.05, 0) is 81.5 Å². The van der Waals surface area contributed by atoms with Crippen LogP contribution in [0.5, 0.6) is 5.88 Å². The van der Waals surface area contributed by atoms with Gasteiger partial charge in [0, 0.05) is 54.0 Å². The Hall–Kier alpha value is -3.42. The van der Waals surface area contributed by atoms with Crippen LogP contribution in [0.4, 0.5) is 10.5 Å². The molecule has 3 aliphatic rings. The predicted molar refractivity (Wildman–Crippen MR) is 169 cm³/mol. The number of piperazine rings is 1. The van der Waals surface area contributed by atoms with E-state index >= 15 is 0 Å². The third kappa shape index (κ3) is 5.63. The summed E-state index contributed by atoms with van der Waals surface area (Å²) in [4.78, 5) is 39.1. The summed E-state index contributed by atoms with van der Waals surface area (Å²) in [5.74, 6) is -1.05. The summed E-state index contributed by atoms with van der Waals surface area (Å²) < 4.78 is 40.6. The fraction of sp³-hybridized carbons (Fsp3) is 0.387. The summed E-state index contributed by atoms with van der Waals surface area (Å²) in [5.41, 5.74) is -2.18. The molecule has 0 spiro atoms. The summed E-state index contributed by atoms with van der Waals surface area (Å²) in [6.07, 6.45) is 2.81. The van der Waals surface area contributed by atoms with Gasteiger partial charge in [0.15, 0.2) is 0 Å². The predicted octanol–water partition coefficient (Wildman–Crippen LogP) is 4.22. The maximum absolute atomic E-state index is 14.8. The Balaban J connectivity index is 1.40. The van der Waals surface area contributed by atoms with Crippen LogP contribution in [0.2, 0.25) is 10.0 Å². The molecule has 1 unspecified atom stereocenters. The van der Waals surface area contributed by atoms with Crippen LogP contribution in [0.3, 0.4) is 0 Å². The molecular formula is C31H33Cl2N5O6S. The zero-order valence-electron chi connectivity index (χ0n) is 24.9. The third-order valence-electron chi connectivity index (χ3n) is 8.74.